The topological polar surface area (TPSA) is 60.2 Å². The fraction of sp³-hybridized carbons (Fsp3) is 0.409. The molecule has 4 rings (SSSR count). The van der Waals surface area contributed by atoms with Gasteiger partial charge in [0, 0.05) is 18.7 Å². The number of ether oxygens (including phenoxy) is 1. The van der Waals surface area contributed by atoms with Crippen molar-refractivity contribution in [2.24, 2.45) is 0 Å². The first kappa shape index (κ1) is 18.5. The number of likely N-dealkylation sites (tertiary alicyclic amines) is 1. The molecule has 1 saturated heterocycles. The van der Waals surface area contributed by atoms with Crippen LogP contribution < -0.4 is 4.74 Å². The minimum atomic E-state index is 0.0654. The van der Waals surface area contributed by atoms with Crippen molar-refractivity contribution in [1.82, 2.24) is 19.9 Å². The number of carbonyl (C=O) groups is 1. The molecule has 1 aliphatic rings. The van der Waals surface area contributed by atoms with Crippen molar-refractivity contribution in [1.29, 1.82) is 0 Å². The largest absolute Gasteiger partial charge is 0.497 e. The molecule has 3 aromatic rings. The molecule has 146 valence electrons. The fourth-order valence-electron chi connectivity index (χ4n) is 4.03. The van der Waals surface area contributed by atoms with Crippen LogP contribution in [0.4, 0.5) is 0 Å². The second-order valence-corrected chi connectivity index (χ2v) is 7.25. The van der Waals surface area contributed by atoms with Gasteiger partial charge in [0.1, 0.15) is 11.3 Å². The molecule has 1 amide bonds. The van der Waals surface area contributed by atoms with Gasteiger partial charge >= 0.3 is 0 Å². The van der Waals surface area contributed by atoms with Crippen LogP contribution in [0.15, 0.2) is 42.5 Å². The zero-order valence-corrected chi connectivity index (χ0v) is 16.5. The third-order valence-corrected chi connectivity index (χ3v) is 5.57. The Morgan fingerprint density at radius 2 is 1.96 bits per heavy atom. The van der Waals surface area contributed by atoms with E-state index in [2.05, 4.69) is 22.4 Å². The molecule has 0 N–H and O–H groups in total. The molecular weight excluding hydrogens is 352 g/mol. The summed E-state index contributed by atoms with van der Waals surface area (Å²) in [7, 11) is 1.67. The summed E-state index contributed by atoms with van der Waals surface area (Å²) in [6, 6.07) is 13.9. The highest BCUT2D eigenvalue weighted by atomic mass is 16.5. The third kappa shape index (κ3) is 3.46. The fourth-order valence-corrected chi connectivity index (χ4v) is 4.03. The molecule has 0 spiro atoms. The maximum Gasteiger partial charge on any atom is 0.254 e. The molecule has 1 aliphatic heterocycles. The maximum atomic E-state index is 13.4. The van der Waals surface area contributed by atoms with Crippen molar-refractivity contribution in [3.63, 3.8) is 0 Å². The number of methoxy groups -OCH3 is 1. The van der Waals surface area contributed by atoms with Crippen molar-refractivity contribution < 1.29 is 9.53 Å². The first-order valence-corrected chi connectivity index (χ1v) is 9.99. The Hall–Kier alpha value is -2.89. The average Bonchev–Trinajstić information content (AvgIpc) is 3.00. The summed E-state index contributed by atoms with van der Waals surface area (Å²) in [5, 5.41) is 8.37. The summed E-state index contributed by atoms with van der Waals surface area (Å²) in [6.45, 7) is 3.56. The molecule has 0 saturated carbocycles. The smallest absolute Gasteiger partial charge is 0.254 e. The van der Waals surface area contributed by atoms with Gasteiger partial charge in [-0.15, -0.1) is 5.10 Å². The highest BCUT2D eigenvalue weighted by Crippen LogP contribution is 2.32. The molecule has 2 heterocycles. The number of aryl methyl sites for hydroxylation is 1. The van der Waals surface area contributed by atoms with E-state index in [4.69, 9.17) is 4.74 Å². The molecule has 0 radical (unpaired) electrons. The SMILES string of the molecule is CCn1nnc2cc(C(=O)N3CCCCCC3c3ccc(OC)cc3)ccc21. The minimum absolute atomic E-state index is 0.0654. The van der Waals surface area contributed by atoms with E-state index in [1.54, 1.807) is 7.11 Å². The summed E-state index contributed by atoms with van der Waals surface area (Å²) in [5.41, 5.74) is 3.57. The molecule has 6 nitrogen and oxygen atoms in total. The molecule has 28 heavy (non-hydrogen) atoms. The zero-order chi connectivity index (χ0) is 19.5. The predicted octanol–water partition coefficient (Wildman–Crippen LogP) is 4.22. The number of fused-ring (bicyclic) bond motifs is 1. The van der Waals surface area contributed by atoms with Gasteiger partial charge in [-0.25, -0.2) is 4.68 Å². The highest BCUT2D eigenvalue weighted by Gasteiger charge is 2.28. The normalized spacial score (nSPS) is 17.5. The molecule has 2 aromatic carbocycles. The molecule has 1 aromatic heterocycles. The van der Waals surface area contributed by atoms with Crippen LogP contribution >= 0.6 is 0 Å². The molecule has 1 atom stereocenters. The lowest BCUT2D eigenvalue weighted by Gasteiger charge is -2.30. The van der Waals surface area contributed by atoms with Crippen molar-refractivity contribution in [2.45, 2.75) is 45.2 Å². The molecular formula is C22H26N4O2. The summed E-state index contributed by atoms with van der Waals surface area (Å²) >= 11 is 0. The van der Waals surface area contributed by atoms with E-state index in [9.17, 15) is 4.79 Å². The first-order chi connectivity index (χ1) is 13.7. The lowest BCUT2D eigenvalue weighted by molar-refractivity contribution is 0.0681. The van der Waals surface area contributed by atoms with E-state index in [1.807, 2.05) is 46.8 Å². The van der Waals surface area contributed by atoms with E-state index < -0.39 is 0 Å². The molecule has 6 heteroatoms. The highest BCUT2D eigenvalue weighted by molar-refractivity contribution is 5.97. The van der Waals surface area contributed by atoms with Gasteiger partial charge in [-0.2, -0.15) is 0 Å². The van der Waals surface area contributed by atoms with Gasteiger partial charge in [0.2, 0.25) is 0 Å². The summed E-state index contributed by atoms with van der Waals surface area (Å²) in [5.74, 6) is 0.898. The van der Waals surface area contributed by atoms with Gasteiger partial charge in [-0.1, -0.05) is 30.2 Å². The lowest BCUT2D eigenvalue weighted by atomic mass is 10.00. The lowest BCUT2D eigenvalue weighted by Crippen LogP contribution is -2.34. The third-order valence-electron chi connectivity index (χ3n) is 5.57. The Kier molecular flexibility index (Phi) is 5.28. The number of nitrogens with zero attached hydrogens (tertiary/aromatic N) is 4. The number of aromatic nitrogens is 3. The van der Waals surface area contributed by atoms with Gasteiger partial charge in [-0.05, 0) is 55.7 Å². The van der Waals surface area contributed by atoms with Crippen LogP contribution in [0.25, 0.3) is 11.0 Å². The second kappa shape index (κ2) is 8.00. The number of amides is 1. The summed E-state index contributed by atoms with van der Waals surface area (Å²) < 4.78 is 7.12. The Labute approximate surface area is 165 Å². The van der Waals surface area contributed by atoms with E-state index in [-0.39, 0.29) is 11.9 Å². The van der Waals surface area contributed by atoms with E-state index >= 15 is 0 Å². The summed E-state index contributed by atoms with van der Waals surface area (Å²) in [4.78, 5) is 15.5. The minimum Gasteiger partial charge on any atom is -0.497 e. The number of hydrogen-bond acceptors (Lipinski definition) is 4. The Morgan fingerprint density at radius 1 is 1.14 bits per heavy atom. The van der Waals surface area contributed by atoms with Gasteiger partial charge in [0.15, 0.2) is 0 Å². The van der Waals surface area contributed by atoms with E-state index in [1.165, 1.54) is 0 Å². The number of carbonyl (C=O) groups excluding carboxylic acids is 1. The van der Waals surface area contributed by atoms with Crippen LogP contribution in [0.2, 0.25) is 0 Å². The molecule has 1 fully saturated rings. The van der Waals surface area contributed by atoms with Crippen LogP contribution in [-0.4, -0.2) is 39.5 Å². The monoisotopic (exact) mass is 378 g/mol. The van der Waals surface area contributed by atoms with E-state index in [0.29, 0.717) is 5.56 Å². The average molecular weight is 378 g/mol. The number of hydrogen-bond donors (Lipinski definition) is 0. The van der Waals surface area contributed by atoms with Crippen molar-refractivity contribution in [2.75, 3.05) is 13.7 Å². The maximum absolute atomic E-state index is 13.4. The zero-order valence-electron chi connectivity index (χ0n) is 16.5. The molecule has 0 bridgehead atoms. The standard InChI is InChI=1S/C22H26N4O2/c1-3-26-21-13-10-17(15-19(21)23-24-26)22(27)25-14-6-4-5-7-20(25)16-8-11-18(28-2)12-9-16/h8-13,15,20H,3-7,14H2,1-2H3. The first-order valence-electron chi connectivity index (χ1n) is 9.99. The van der Waals surface area contributed by atoms with Crippen molar-refractivity contribution >= 4 is 16.9 Å². The van der Waals surface area contributed by atoms with Crippen LogP contribution in [0.3, 0.4) is 0 Å². The van der Waals surface area contributed by atoms with Crippen LogP contribution in [-0.2, 0) is 6.54 Å². The van der Waals surface area contributed by atoms with E-state index in [0.717, 1.165) is 61.1 Å². The van der Waals surface area contributed by atoms with Gasteiger partial charge in [-0.3, -0.25) is 4.79 Å². The van der Waals surface area contributed by atoms with Crippen LogP contribution in [0.5, 0.6) is 5.75 Å². The molecule has 0 aliphatic carbocycles. The summed E-state index contributed by atoms with van der Waals surface area (Å²) in [6.07, 6.45) is 4.30. The van der Waals surface area contributed by atoms with Crippen LogP contribution in [0, 0.1) is 0 Å². The number of rotatable bonds is 4. The molecule has 1 unspecified atom stereocenters. The van der Waals surface area contributed by atoms with Crippen molar-refractivity contribution in [3.8, 4) is 5.75 Å². The number of benzene rings is 2. The van der Waals surface area contributed by atoms with Gasteiger partial charge < -0.3 is 9.64 Å². The second-order valence-electron chi connectivity index (χ2n) is 7.25. The quantitative estimate of drug-likeness (QED) is 0.682. The van der Waals surface area contributed by atoms with Gasteiger partial charge in [0.05, 0.1) is 18.7 Å². The Bertz CT molecular complexity index is 964. The van der Waals surface area contributed by atoms with Crippen molar-refractivity contribution in [3.05, 3.63) is 53.6 Å². The van der Waals surface area contributed by atoms with Crippen LogP contribution in [0.1, 0.15) is 54.6 Å². The Morgan fingerprint density at radius 3 is 2.71 bits per heavy atom. The van der Waals surface area contributed by atoms with Gasteiger partial charge in [0.25, 0.3) is 5.91 Å². The Balaban J connectivity index is 1.66. The predicted molar refractivity (Wildman–Crippen MR) is 108 cm³/mol.